The summed E-state index contributed by atoms with van der Waals surface area (Å²) in [7, 11) is 0. The topological polar surface area (TPSA) is 26.3 Å². The van der Waals surface area contributed by atoms with Crippen LogP contribution < -0.4 is 0 Å². The van der Waals surface area contributed by atoms with E-state index in [1.807, 2.05) is 0 Å². The molecule has 1 fully saturated rings. The molecule has 6 heteroatoms. The molecule has 1 atom stereocenters. The summed E-state index contributed by atoms with van der Waals surface area (Å²) in [5, 5.41) is 0. The molecule has 19 heavy (non-hydrogen) atoms. The van der Waals surface area contributed by atoms with Gasteiger partial charge in [0.25, 0.3) is 0 Å². The number of ketones is 1. The monoisotopic (exact) mass is 290 g/mol. The predicted molar refractivity (Wildman–Crippen MR) is 67.2 cm³/mol. The molecule has 1 aliphatic rings. The third kappa shape index (κ3) is 3.98. The number of rotatable bonds is 3. The van der Waals surface area contributed by atoms with E-state index in [4.69, 9.17) is 4.74 Å². The molecule has 1 saturated heterocycles. The van der Waals surface area contributed by atoms with Crippen molar-refractivity contribution in [1.29, 1.82) is 0 Å². The molecule has 2 nitrogen and oxygen atoms in total. The highest BCUT2D eigenvalue weighted by Crippen LogP contribution is 2.29. The second-order valence-electron chi connectivity index (χ2n) is 4.27. The highest BCUT2D eigenvalue weighted by Gasteiger charge is 2.30. The second kappa shape index (κ2) is 5.96. The van der Waals surface area contributed by atoms with Crippen LogP contribution in [-0.2, 0) is 22.1 Å². The van der Waals surface area contributed by atoms with Gasteiger partial charge in [0.2, 0.25) is 0 Å². The van der Waals surface area contributed by atoms with Crippen LogP contribution in [-0.4, -0.2) is 30.0 Å². The van der Waals surface area contributed by atoms with Crippen LogP contribution in [0.5, 0.6) is 0 Å². The van der Waals surface area contributed by atoms with Crippen LogP contribution in [0.3, 0.4) is 0 Å². The smallest absolute Gasteiger partial charge is 0.369 e. The maximum absolute atomic E-state index is 12.4. The minimum atomic E-state index is -4.34. The highest BCUT2D eigenvalue weighted by molar-refractivity contribution is 7.99. The Morgan fingerprint density at radius 3 is 2.53 bits per heavy atom. The molecular formula is C13H13F3O2S. The summed E-state index contributed by atoms with van der Waals surface area (Å²) in [5.41, 5.74) is -0.120. The summed E-state index contributed by atoms with van der Waals surface area (Å²) in [5.74, 6) is 1.43. The molecule has 0 spiro atoms. The lowest BCUT2D eigenvalue weighted by molar-refractivity contribution is -0.137. The van der Waals surface area contributed by atoms with Gasteiger partial charge in [-0.15, -0.1) is 0 Å². The zero-order valence-corrected chi connectivity index (χ0v) is 10.9. The van der Waals surface area contributed by atoms with Crippen molar-refractivity contribution in [2.45, 2.75) is 18.7 Å². The highest BCUT2D eigenvalue weighted by atomic mass is 32.2. The first-order valence-corrected chi connectivity index (χ1v) is 7.00. The minimum Gasteiger partial charge on any atom is -0.369 e. The predicted octanol–water partition coefficient (Wildman–Crippen LogP) is 2.95. The zero-order valence-electron chi connectivity index (χ0n) is 10.1. The molecule has 0 radical (unpaired) electrons. The van der Waals surface area contributed by atoms with E-state index in [9.17, 15) is 18.0 Å². The summed E-state index contributed by atoms with van der Waals surface area (Å²) >= 11 is 1.65. The molecule has 1 aromatic rings. The molecule has 104 valence electrons. The van der Waals surface area contributed by atoms with Crippen LogP contribution in [0.4, 0.5) is 13.2 Å². The average Bonchev–Trinajstić information content (AvgIpc) is 2.39. The van der Waals surface area contributed by atoms with Crippen molar-refractivity contribution in [3.8, 4) is 0 Å². The lowest BCUT2D eigenvalue weighted by atomic mass is 10.0. The fourth-order valence-electron chi connectivity index (χ4n) is 1.80. The van der Waals surface area contributed by atoms with E-state index in [1.165, 1.54) is 12.1 Å². The SMILES string of the molecule is O=C(Cc1ccc(C(F)(F)F)cc1)C1CSCCO1. The summed E-state index contributed by atoms with van der Waals surface area (Å²) in [6, 6.07) is 4.69. The number of thioether (sulfide) groups is 1. The number of alkyl halides is 3. The molecular weight excluding hydrogens is 277 g/mol. The van der Waals surface area contributed by atoms with Gasteiger partial charge < -0.3 is 4.74 Å². The van der Waals surface area contributed by atoms with Gasteiger partial charge in [-0.25, -0.2) is 0 Å². The van der Waals surface area contributed by atoms with E-state index in [0.717, 1.165) is 17.9 Å². The third-order valence-electron chi connectivity index (χ3n) is 2.83. The summed E-state index contributed by atoms with van der Waals surface area (Å²) < 4.78 is 42.5. The van der Waals surface area contributed by atoms with Crippen LogP contribution in [0.2, 0.25) is 0 Å². The normalized spacial score (nSPS) is 20.3. The van der Waals surface area contributed by atoms with Gasteiger partial charge in [-0.3, -0.25) is 4.79 Å². The summed E-state index contributed by atoms with van der Waals surface area (Å²) in [6.45, 7) is 0.550. The summed E-state index contributed by atoms with van der Waals surface area (Å²) in [4.78, 5) is 11.9. The Bertz CT molecular complexity index is 436. The second-order valence-corrected chi connectivity index (χ2v) is 5.42. The lowest BCUT2D eigenvalue weighted by Crippen LogP contribution is -2.32. The number of carbonyl (C=O) groups is 1. The van der Waals surface area contributed by atoms with Crippen molar-refractivity contribution < 1.29 is 22.7 Å². The Balaban J connectivity index is 1.97. The first kappa shape index (κ1) is 14.4. The number of carbonyl (C=O) groups excluding carboxylic acids is 1. The molecule has 1 aliphatic heterocycles. The van der Waals surface area contributed by atoms with Crippen molar-refractivity contribution >= 4 is 17.5 Å². The Morgan fingerprint density at radius 1 is 1.32 bits per heavy atom. The largest absolute Gasteiger partial charge is 0.416 e. The molecule has 0 saturated carbocycles. The van der Waals surface area contributed by atoms with Crippen LogP contribution in [0.15, 0.2) is 24.3 Å². The third-order valence-corrected chi connectivity index (χ3v) is 3.83. The van der Waals surface area contributed by atoms with Crippen molar-refractivity contribution in [2.75, 3.05) is 18.1 Å². The number of ether oxygens (including phenoxy) is 1. The Kier molecular flexibility index (Phi) is 4.52. The van der Waals surface area contributed by atoms with Crippen molar-refractivity contribution in [3.63, 3.8) is 0 Å². The van der Waals surface area contributed by atoms with E-state index >= 15 is 0 Å². The van der Waals surface area contributed by atoms with E-state index < -0.39 is 17.8 Å². The first-order chi connectivity index (χ1) is 8.97. The summed E-state index contributed by atoms with van der Waals surface area (Å²) in [6.07, 6.45) is -4.66. The fourth-order valence-corrected chi connectivity index (χ4v) is 2.68. The number of benzene rings is 1. The quantitative estimate of drug-likeness (QED) is 0.856. The van der Waals surface area contributed by atoms with E-state index in [1.54, 1.807) is 11.8 Å². The van der Waals surface area contributed by atoms with Crippen molar-refractivity contribution in [2.24, 2.45) is 0 Å². The molecule has 2 rings (SSSR count). The maximum Gasteiger partial charge on any atom is 0.416 e. The maximum atomic E-state index is 12.4. The molecule has 1 heterocycles. The van der Waals surface area contributed by atoms with Crippen LogP contribution >= 0.6 is 11.8 Å². The van der Waals surface area contributed by atoms with Crippen LogP contribution in [0.1, 0.15) is 11.1 Å². The molecule has 1 aromatic carbocycles. The Morgan fingerprint density at radius 2 is 2.00 bits per heavy atom. The first-order valence-electron chi connectivity index (χ1n) is 5.85. The molecule has 0 aliphatic carbocycles. The molecule has 0 amide bonds. The van der Waals surface area contributed by atoms with Gasteiger partial charge >= 0.3 is 6.18 Å². The minimum absolute atomic E-state index is 0.0769. The number of halogens is 3. The van der Waals surface area contributed by atoms with Gasteiger partial charge in [-0.2, -0.15) is 24.9 Å². The number of Topliss-reactive ketones (excluding diaryl/α,β-unsaturated/α-hetero) is 1. The number of hydrogen-bond donors (Lipinski definition) is 0. The fraction of sp³-hybridized carbons (Fsp3) is 0.462. The van der Waals surface area contributed by atoms with E-state index in [2.05, 4.69) is 0 Å². The van der Waals surface area contributed by atoms with Crippen molar-refractivity contribution in [3.05, 3.63) is 35.4 Å². The molecule has 1 unspecified atom stereocenters. The van der Waals surface area contributed by atoms with Crippen LogP contribution in [0.25, 0.3) is 0 Å². The van der Waals surface area contributed by atoms with E-state index in [-0.39, 0.29) is 12.2 Å². The Hall–Kier alpha value is -1.01. The van der Waals surface area contributed by atoms with Gasteiger partial charge in [0.1, 0.15) is 6.10 Å². The molecule has 0 bridgehead atoms. The van der Waals surface area contributed by atoms with Gasteiger partial charge in [-0.05, 0) is 17.7 Å². The van der Waals surface area contributed by atoms with Gasteiger partial charge in [0.05, 0.1) is 12.2 Å². The Labute approximate surface area is 113 Å². The van der Waals surface area contributed by atoms with E-state index in [0.29, 0.717) is 17.9 Å². The average molecular weight is 290 g/mol. The standard InChI is InChI=1S/C13H13F3O2S/c14-13(15,16)10-3-1-9(2-4-10)7-11(17)12-8-19-6-5-18-12/h1-4,12H,5-8H2. The lowest BCUT2D eigenvalue weighted by Gasteiger charge is -2.21. The van der Waals surface area contributed by atoms with Crippen LogP contribution in [0, 0.1) is 0 Å². The molecule has 0 aromatic heterocycles. The van der Waals surface area contributed by atoms with Gasteiger partial charge in [0, 0.05) is 17.9 Å². The van der Waals surface area contributed by atoms with Gasteiger partial charge in [-0.1, -0.05) is 12.1 Å². The molecule has 0 N–H and O–H groups in total. The zero-order chi connectivity index (χ0) is 13.9. The number of hydrogen-bond acceptors (Lipinski definition) is 3. The van der Waals surface area contributed by atoms with Gasteiger partial charge in [0.15, 0.2) is 5.78 Å². The van der Waals surface area contributed by atoms with Crippen molar-refractivity contribution in [1.82, 2.24) is 0 Å².